The van der Waals surface area contributed by atoms with Crippen molar-refractivity contribution in [3.63, 3.8) is 0 Å². The third-order valence-electron chi connectivity index (χ3n) is 3.64. The van der Waals surface area contributed by atoms with Gasteiger partial charge in [-0.2, -0.15) is 0 Å². The zero-order valence-electron chi connectivity index (χ0n) is 9.41. The predicted molar refractivity (Wildman–Crippen MR) is 60.0 cm³/mol. The van der Waals surface area contributed by atoms with Crippen LogP contribution in [-0.2, 0) is 0 Å². The lowest BCUT2D eigenvalue weighted by Gasteiger charge is -2.28. The minimum Gasteiger partial charge on any atom is -0.396 e. The van der Waals surface area contributed by atoms with Crippen molar-refractivity contribution in [3.05, 3.63) is 0 Å². The second kappa shape index (κ2) is 6.41. The molecule has 1 aliphatic rings. The summed E-state index contributed by atoms with van der Waals surface area (Å²) < 4.78 is 0. The molecule has 0 aliphatic heterocycles. The van der Waals surface area contributed by atoms with Crippen LogP contribution in [0.4, 0.5) is 0 Å². The molecule has 0 radical (unpaired) electrons. The Labute approximate surface area is 87.9 Å². The van der Waals surface area contributed by atoms with Crippen molar-refractivity contribution < 1.29 is 5.11 Å². The molecule has 2 heteroatoms. The van der Waals surface area contributed by atoms with E-state index in [4.69, 9.17) is 10.8 Å². The molecule has 0 aromatic heterocycles. The first-order valence-electron chi connectivity index (χ1n) is 6.12. The van der Waals surface area contributed by atoms with Crippen LogP contribution in [-0.4, -0.2) is 17.8 Å². The van der Waals surface area contributed by atoms with Gasteiger partial charge in [0.05, 0.1) is 0 Å². The van der Waals surface area contributed by atoms with Gasteiger partial charge >= 0.3 is 0 Å². The highest BCUT2D eigenvalue weighted by molar-refractivity contribution is 4.78. The van der Waals surface area contributed by atoms with Crippen molar-refractivity contribution in [3.8, 4) is 0 Å². The molecule has 0 bridgehead atoms. The third kappa shape index (κ3) is 3.58. The van der Waals surface area contributed by atoms with Gasteiger partial charge in [0.2, 0.25) is 0 Å². The van der Waals surface area contributed by atoms with Crippen LogP contribution >= 0.6 is 0 Å². The van der Waals surface area contributed by atoms with E-state index in [1.807, 2.05) is 0 Å². The van der Waals surface area contributed by atoms with E-state index in [1.54, 1.807) is 0 Å². The molecule has 2 unspecified atom stereocenters. The molecule has 0 aromatic rings. The Balaban J connectivity index is 2.46. The number of nitrogens with two attached hydrogens (primary N) is 1. The fraction of sp³-hybridized carbons (Fsp3) is 1.00. The molecule has 1 fully saturated rings. The number of aliphatic hydroxyl groups is 1. The molecule has 84 valence electrons. The topological polar surface area (TPSA) is 46.2 Å². The van der Waals surface area contributed by atoms with E-state index < -0.39 is 0 Å². The molecule has 1 aliphatic carbocycles. The summed E-state index contributed by atoms with van der Waals surface area (Å²) in [7, 11) is 0. The van der Waals surface area contributed by atoms with Gasteiger partial charge in [0.25, 0.3) is 0 Å². The largest absolute Gasteiger partial charge is 0.396 e. The van der Waals surface area contributed by atoms with Gasteiger partial charge in [-0.1, -0.05) is 38.5 Å². The molecule has 2 atom stereocenters. The van der Waals surface area contributed by atoms with Gasteiger partial charge in [-0.15, -0.1) is 0 Å². The maximum atomic E-state index is 9.03. The molecular weight excluding hydrogens is 174 g/mol. The first-order valence-corrected chi connectivity index (χ1v) is 6.12. The summed E-state index contributed by atoms with van der Waals surface area (Å²) in [5, 5.41) is 9.03. The molecule has 0 heterocycles. The number of hydrogen-bond donors (Lipinski definition) is 2. The quantitative estimate of drug-likeness (QED) is 0.682. The number of hydrogen-bond acceptors (Lipinski definition) is 2. The summed E-state index contributed by atoms with van der Waals surface area (Å²) in [6.45, 7) is 2.38. The van der Waals surface area contributed by atoms with Crippen LogP contribution in [0.1, 0.15) is 51.9 Å². The molecule has 1 saturated carbocycles. The van der Waals surface area contributed by atoms with Crippen LogP contribution in [0.2, 0.25) is 0 Å². The minimum atomic E-state index is 0.241. The fourth-order valence-electron chi connectivity index (χ4n) is 2.82. The lowest BCUT2D eigenvalue weighted by molar-refractivity contribution is 0.188. The summed E-state index contributed by atoms with van der Waals surface area (Å²) in [6, 6.07) is 0.241. The lowest BCUT2D eigenvalue weighted by Crippen LogP contribution is -2.33. The molecule has 0 saturated heterocycles. The molecular formula is C12H25NO. The van der Waals surface area contributed by atoms with Crippen molar-refractivity contribution in [2.75, 3.05) is 6.61 Å². The lowest BCUT2D eigenvalue weighted by atomic mass is 9.80. The molecule has 3 N–H and O–H groups in total. The first-order chi connectivity index (χ1) is 6.75. The standard InChI is InChI=1S/C12H25NO/c1-10(13)12(8-9-14)11-6-4-2-3-5-7-11/h10-12,14H,2-9,13H2,1H3. The van der Waals surface area contributed by atoms with Gasteiger partial charge in [-0.05, 0) is 25.2 Å². The summed E-state index contributed by atoms with van der Waals surface area (Å²) in [4.78, 5) is 0. The Morgan fingerprint density at radius 3 is 2.21 bits per heavy atom. The van der Waals surface area contributed by atoms with E-state index in [2.05, 4.69) is 6.92 Å². The average Bonchev–Trinajstić information content (AvgIpc) is 2.41. The Morgan fingerprint density at radius 2 is 1.79 bits per heavy atom. The van der Waals surface area contributed by atoms with Crippen molar-refractivity contribution in [1.82, 2.24) is 0 Å². The van der Waals surface area contributed by atoms with Crippen molar-refractivity contribution >= 4 is 0 Å². The molecule has 2 nitrogen and oxygen atoms in total. The minimum absolute atomic E-state index is 0.241. The van der Waals surface area contributed by atoms with Gasteiger partial charge in [0.1, 0.15) is 0 Å². The Kier molecular flexibility index (Phi) is 5.49. The number of aliphatic hydroxyl groups excluding tert-OH is 1. The third-order valence-corrected chi connectivity index (χ3v) is 3.64. The predicted octanol–water partition coefficient (Wildman–Crippen LogP) is 2.30. The van der Waals surface area contributed by atoms with Crippen LogP contribution in [0.25, 0.3) is 0 Å². The normalized spacial score (nSPS) is 24.2. The molecule has 1 rings (SSSR count). The van der Waals surface area contributed by atoms with Gasteiger partial charge in [-0.3, -0.25) is 0 Å². The molecule has 0 amide bonds. The molecule has 14 heavy (non-hydrogen) atoms. The van der Waals surface area contributed by atoms with Gasteiger partial charge in [0.15, 0.2) is 0 Å². The van der Waals surface area contributed by atoms with Crippen LogP contribution < -0.4 is 5.73 Å². The maximum Gasteiger partial charge on any atom is 0.0434 e. The fourth-order valence-corrected chi connectivity index (χ4v) is 2.82. The van der Waals surface area contributed by atoms with Crippen LogP contribution in [0, 0.1) is 11.8 Å². The van der Waals surface area contributed by atoms with E-state index in [0.717, 1.165) is 12.3 Å². The zero-order chi connectivity index (χ0) is 10.4. The smallest absolute Gasteiger partial charge is 0.0434 e. The zero-order valence-corrected chi connectivity index (χ0v) is 9.41. The maximum absolute atomic E-state index is 9.03. The second-order valence-electron chi connectivity index (χ2n) is 4.79. The first kappa shape index (κ1) is 12.0. The average molecular weight is 199 g/mol. The summed E-state index contributed by atoms with van der Waals surface area (Å²) in [6.07, 6.45) is 9.04. The summed E-state index contributed by atoms with van der Waals surface area (Å²) in [5.41, 5.74) is 5.99. The van der Waals surface area contributed by atoms with Gasteiger partial charge in [0, 0.05) is 12.6 Å². The van der Waals surface area contributed by atoms with Gasteiger partial charge < -0.3 is 10.8 Å². The Bertz CT molecular complexity index is 139. The van der Waals surface area contributed by atoms with E-state index in [1.165, 1.54) is 38.5 Å². The van der Waals surface area contributed by atoms with E-state index in [0.29, 0.717) is 12.5 Å². The Morgan fingerprint density at radius 1 is 1.21 bits per heavy atom. The van der Waals surface area contributed by atoms with Crippen LogP contribution in [0.15, 0.2) is 0 Å². The van der Waals surface area contributed by atoms with Crippen molar-refractivity contribution in [2.24, 2.45) is 17.6 Å². The van der Waals surface area contributed by atoms with Crippen molar-refractivity contribution in [2.45, 2.75) is 57.9 Å². The highest BCUT2D eigenvalue weighted by Crippen LogP contribution is 2.31. The highest BCUT2D eigenvalue weighted by Gasteiger charge is 2.24. The second-order valence-corrected chi connectivity index (χ2v) is 4.79. The summed E-state index contributed by atoms with van der Waals surface area (Å²) in [5.74, 6) is 1.31. The van der Waals surface area contributed by atoms with E-state index >= 15 is 0 Å². The van der Waals surface area contributed by atoms with Crippen molar-refractivity contribution in [1.29, 1.82) is 0 Å². The number of rotatable bonds is 4. The van der Waals surface area contributed by atoms with Gasteiger partial charge in [-0.25, -0.2) is 0 Å². The van der Waals surface area contributed by atoms with E-state index in [9.17, 15) is 0 Å². The van der Waals surface area contributed by atoms with Crippen LogP contribution in [0.3, 0.4) is 0 Å². The van der Waals surface area contributed by atoms with E-state index in [-0.39, 0.29) is 6.04 Å². The Hall–Kier alpha value is -0.0800. The molecule has 0 spiro atoms. The summed E-state index contributed by atoms with van der Waals surface area (Å²) >= 11 is 0. The van der Waals surface area contributed by atoms with Crippen LogP contribution in [0.5, 0.6) is 0 Å². The monoisotopic (exact) mass is 199 g/mol. The molecule has 0 aromatic carbocycles. The SMILES string of the molecule is CC(N)C(CCO)C1CCCCCC1. The highest BCUT2D eigenvalue weighted by atomic mass is 16.3.